The van der Waals surface area contributed by atoms with Gasteiger partial charge in [0.05, 0.1) is 22.5 Å². The lowest BCUT2D eigenvalue weighted by molar-refractivity contribution is 0.0879. The van der Waals surface area contributed by atoms with E-state index in [2.05, 4.69) is 16.0 Å². The summed E-state index contributed by atoms with van der Waals surface area (Å²) in [5, 5.41) is 37.3. The summed E-state index contributed by atoms with van der Waals surface area (Å²) in [6, 6.07) is 14.7. The molecule has 0 aliphatic carbocycles. The molecule has 1 heterocycles. The Labute approximate surface area is 159 Å². The number of fused-ring (bicyclic) bond motifs is 1. The Morgan fingerprint density at radius 2 is 1.18 bits per heavy atom. The van der Waals surface area contributed by atoms with E-state index in [-0.39, 0.29) is 16.8 Å². The molecule has 4 rings (SSSR count). The molecule has 140 valence electrons. The lowest BCUT2D eigenvalue weighted by Crippen LogP contribution is -2.19. The third-order valence-electron chi connectivity index (χ3n) is 4.28. The predicted octanol–water partition coefficient (Wildman–Crippen LogP) is 3.17. The van der Waals surface area contributed by atoms with Gasteiger partial charge in [-0.25, -0.2) is 0 Å². The molecule has 3 aromatic carbocycles. The molecule has 0 atom stereocenters. The van der Waals surface area contributed by atoms with Gasteiger partial charge in [-0.15, -0.1) is 0 Å². The van der Waals surface area contributed by atoms with Gasteiger partial charge in [0.1, 0.15) is 0 Å². The van der Waals surface area contributed by atoms with Crippen LogP contribution < -0.4 is 16.0 Å². The van der Waals surface area contributed by atoms with Crippen LogP contribution in [0.1, 0.15) is 20.7 Å². The van der Waals surface area contributed by atoms with Crippen LogP contribution in [-0.2, 0) is 0 Å². The SMILES string of the molecule is O=C1NC(=O)c2cc(Nc3cc(O)c(O)c(O)c3)c(Nc3ccccc3)cc21. The minimum Gasteiger partial charge on any atom is -0.504 e. The zero-order valence-electron chi connectivity index (χ0n) is 14.4. The summed E-state index contributed by atoms with van der Waals surface area (Å²) in [6.07, 6.45) is 0. The van der Waals surface area contributed by atoms with Crippen LogP contribution in [0.15, 0.2) is 54.6 Å². The summed E-state index contributed by atoms with van der Waals surface area (Å²) >= 11 is 0. The summed E-state index contributed by atoms with van der Waals surface area (Å²) in [4.78, 5) is 24.0. The van der Waals surface area contributed by atoms with E-state index >= 15 is 0 Å². The van der Waals surface area contributed by atoms with Crippen LogP contribution in [0.3, 0.4) is 0 Å². The quantitative estimate of drug-likeness (QED) is 0.234. The number of nitrogens with one attached hydrogen (secondary N) is 3. The fourth-order valence-corrected chi connectivity index (χ4v) is 2.93. The smallest absolute Gasteiger partial charge is 0.259 e. The summed E-state index contributed by atoms with van der Waals surface area (Å²) in [5.74, 6) is -2.64. The Morgan fingerprint density at radius 1 is 0.679 bits per heavy atom. The Balaban J connectivity index is 1.79. The Morgan fingerprint density at radius 3 is 1.71 bits per heavy atom. The van der Waals surface area contributed by atoms with E-state index in [1.54, 1.807) is 6.07 Å². The fourth-order valence-electron chi connectivity index (χ4n) is 2.93. The molecule has 28 heavy (non-hydrogen) atoms. The Kier molecular flexibility index (Phi) is 4.00. The average molecular weight is 377 g/mol. The first kappa shape index (κ1) is 17.2. The number of hydrogen-bond acceptors (Lipinski definition) is 7. The van der Waals surface area contributed by atoms with Crippen LogP contribution in [0, 0.1) is 0 Å². The van der Waals surface area contributed by atoms with Gasteiger partial charge in [-0.2, -0.15) is 0 Å². The van der Waals surface area contributed by atoms with Crippen molar-refractivity contribution in [3.8, 4) is 17.2 Å². The average Bonchev–Trinajstić information content (AvgIpc) is 2.94. The molecule has 8 heteroatoms. The Hall–Kier alpha value is -4.20. The zero-order valence-corrected chi connectivity index (χ0v) is 14.4. The number of rotatable bonds is 4. The number of carbonyl (C=O) groups excluding carboxylic acids is 2. The molecule has 0 radical (unpaired) electrons. The van der Waals surface area contributed by atoms with Crippen molar-refractivity contribution in [2.24, 2.45) is 0 Å². The van der Waals surface area contributed by atoms with E-state index in [4.69, 9.17) is 0 Å². The summed E-state index contributed by atoms with van der Waals surface area (Å²) < 4.78 is 0. The van der Waals surface area contributed by atoms with Gasteiger partial charge in [0.25, 0.3) is 11.8 Å². The van der Waals surface area contributed by atoms with Gasteiger partial charge in [-0.05, 0) is 24.3 Å². The van der Waals surface area contributed by atoms with Crippen LogP contribution in [0.4, 0.5) is 22.7 Å². The molecule has 1 aliphatic rings. The molecule has 1 aliphatic heterocycles. The largest absolute Gasteiger partial charge is 0.504 e. The van der Waals surface area contributed by atoms with Crippen molar-refractivity contribution in [2.45, 2.75) is 0 Å². The Bertz CT molecular complexity index is 1090. The molecule has 2 amide bonds. The molecule has 0 unspecified atom stereocenters. The maximum Gasteiger partial charge on any atom is 0.259 e. The number of phenols is 3. The molecule has 3 aromatic rings. The van der Waals surface area contributed by atoms with Crippen molar-refractivity contribution in [2.75, 3.05) is 10.6 Å². The topological polar surface area (TPSA) is 131 Å². The van der Waals surface area contributed by atoms with E-state index in [1.807, 2.05) is 30.3 Å². The number of aromatic hydroxyl groups is 3. The number of benzene rings is 3. The third kappa shape index (κ3) is 3.03. The van der Waals surface area contributed by atoms with Crippen molar-refractivity contribution in [1.82, 2.24) is 5.32 Å². The highest BCUT2D eigenvalue weighted by molar-refractivity contribution is 6.22. The molecule has 0 saturated heterocycles. The lowest BCUT2D eigenvalue weighted by Gasteiger charge is -2.16. The standard InChI is InChI=1S/C20H15N3O5/c24-16-6-11(7-17(25)18(16)26)22-15-9-13-12(19(27)23-20(13)28)8-14(15)21-10-4-2-1-3-5-10/h1-9,21-22,24-26H,(H,23,27,28). The highest BCUT2D eigenvalue weighted by Crippen LogP contribution is 2.40. The zero-order chi connectivity index (χ0) is 19.8. The number of imide groups is 1. The molecular formula is C20H15N3O5. The second kappa shape index (κ2) is 6.51. The van der Waals surface area contributed by atoms with Crippen molar-refractivity contribution in [3.05, 3.63) is 65.7 Å². The van der Waals surface area contributed by atoms with E-state index in [0.29, 0.717) is 11.4 Å². The number of phenolic OH excluding ortho intramolecular Hbond substituents is 3. The number of para-hydroxylation sites is 1. The van der Waals surface area contributed by atoms with Crippen molar-refractivity contribution >= 4 is 34.6 Å². The van der Waals surface area contributed by atoms with Crippen LogP contribution >= 0.6 is 0 Å². The second-order valence-corrected chi connectivity index (χ2v) is 6.21. The van der Waals surface area contributed by atoms with Crippen molar-refractivity contribution in [3.63, 3.8) is 0 Å². The van der Waals surface area contributed by atoms with Gasteiger partial charge < -0.3 is 26.0 Å². The number of carbonyl (C=O) groups is 2. The third-order valence-corrected chi connectivity index (χ3v) is 4.28. The monoisotopic (exact) mass is 377 g/mol. The number of anilines is 4. The first-order chi connectivity index (χ1) is 13.4. The van der Waals surface area contributed by atoms with E-state index in [9.17, 15) is 24.9 Å². The highest BCUT2D eigenvalue weighted by atomic mass is 16.3. The van der Waals surface area contributed by atoms with Crippen molar-refractivity contribution in [1.29, 1.82) is 0 Å². The van der Waals surface area contributed by atoms with E-state index in [1.165, 1.54) is 18.2 Å². The van der Waals surface area contributed by atoms with Crippen LogP contribution in [-0.4, -0.2) is 27.1 Å². The lowest BCUT2D eigenvalue weighted by atomic mass is 10.1. The minimum atomic E-state index is -0.632. The molecule has 0 saturated carbocycles. The summed E-state index contributed by atoms with van der Waals surface area (Å²) in [6.45, 7) is 0. The predicted molar refractivity (Wildman–Crippen MR) is 103 cm³/mol. The summed E-state index contributed by atoms with van der Waals surface area (Å²) in [7, 11) is 0. The second-order valence-electron chi connectivity index (χ2n) is 6.21. The van der Waals surface area contributed by atoms with E-state index < -0.39 is 29.1 Å². The van der Waals surface area contributed by atoms with Crippen LogP contribution in [0.2, 0.25) is 0 Å². The van der Waals surface area contributed by atoms with Gasteiger partial charge in [-0.3, -0.25) is 14.9 Å². The normalized spacial score (nSPS) is 12.4. The molecule has 0 bridgehead atoms. The van der Waals surface area contributed by atoms with Gasteiger partial charge >= 0.3 is 0 Å². The van der Waals surface area contributed by atoms with Gasteiger partial charge in [0.2, 0.25) is 0 Å². The molecule has 8 nitrogen and oxygen atoms in total. The maximum atomic E-state index is 12.0. The first-order valence-electron chi connectivity index (χ1n) is 8.30. The molecular weight excluding hydrogens is 362 g/mol. The summed E-state index contributed by atoms with van der Waals surface area (Å²) in [5.41, 5.74) is 2.41. The number of hydrogen-bond donors (Lipinski definition) is 6. The number of amides is 2. The van der Waals surface area contributed by atoms with Crippen LogP contribution in [0.5, 0.6) is 17.2 Å². The van der Waals surface area contributed by atoms with Crippen molar-refractivity contribution < 1.29 is 24.9 Å². The van der Waals surface area contributed by atoms with Crippen LogP contribution in [0.25, 0.3) is 0 Å². The molecule has 6 N–H and O–H groups in total. The minimum absolute atomic E-state index is 0.207. The molecule has 0 spiro atoms. The van der Waals surface area contributed by atoms with Gasteiger partial charge in [-0.1, -0.05) is 18.2 Å². The van der Waals surface area contributed by atoms with E-state index in [0.717, 1.165) is 5.69 Å². The molecule has 0 fully saturated rings. The fraction of sp³-hybridized carbons (Fsp3) is 0. The molecule has 0 aromatic heterocycles. The van der Waals surface area contributed by atoms with Gasteiger partial charge in [0, 0.05) is 23.5 Å². The maximum absolute atomic E-state index is 12.0. The van der Waals surface area contributed by atoms with Gasteiger partial charge in [0.15, 0.2) is 17.2 Å². The first-order valence-corrected chi connectivity index (χ1v) is 8.30. The highest BCUT2D eigenvalue weighted by Gasteiger charge is 2.28.